The minimum Gasteiger partial charge on any atom is -0.465 e. The van der Waals surface area contributed by atoms with E-state index < -0.39 is 0 Å². The molecule has 1 aliphatic heterocycles. The molecule has 0 aliphatic carbocycles. The van der Waals surface area contributed by atoms with Crippen LogP contribution in [-0.4, -0.2) is 43.2 Å². The molecular formula is C25H28N4O3S. The van der Waals surface area contributed by atoms with E-state index in [4.69, 9.17) is 4.74 Å². The number of thiazole rings is 1. The Morgan fingerprint density at radius 3 is 2.70 bits per heavy atom. The second-order valence-electron chi connectivity index (χ2n) is 8.23. The monoisotopic (exact) mass is 464 g/mol. The number of ether oxygens (including phenoxy) is 1. The molecule has 1 atom stereocenters. The Morgan fingerprint density at radius 1 is 1.15 bits per heavy atom. The summed E-state index contributed by atoms with van der Waals surface area (Å²) in [7, 11) is 1.38. The van der Waals surface area contributed by atoms with Gasteiger partial charge in [0.15, 0.2) is 0 Å². The molecule has 3 aromatic rings. The van der Waals surface area contributed by atoms with Gasteiger partial charge >= 0.3 is 12.0 Å². The number of methoxy groups -OCH3 is 1. The van der Waals surface area contributed by atoms with Crippen LogP contribution in [0.2, 0.25) is 0 Å². The molecule has 1 unspecified atom stereocenters. The molecule has 0 bridgehead atoms. The standard InChI is InChI=1S/C25H28N4O3S/c1-16-9-11-18(12-10-16)23-26-17(2)22(33-23)28-25(31)27-20-7-5-13-29(15-20)21-8-4-6-19(14-21)24(30)32-3/h4,6,8-12,14,20H,5,7,13,15H2,1-3H3,(H2,27,28,31). The van der Waals surface area contributed by atoms with E-state index in [1.54, 1.807) is 6.07 Å². The maximum Gasteiger partial charge on any atom is 0.337 e. The molecule has 172 valence electrons. The topological polar surface area (TPSA) is 83.6 Å². The molecular weight excluding hydrogens is 436 g/mol. The van der Waals surface area contributed by atoms with Gasteiger partial charge in [-0.2, -0.15) is 0 Å². The number of hydrogen-bond acceptors (Lipinski definition) is 6. The van der Waals surface area contributed by atoms with Crippen LogP contribution in [0.1, 0.15) is 34.5 Å². The second-order valence-corrected chi connectivity index (χ2v) is 9.22. The Hall–Kier alpha value is -3.39. The lowest BCUT2D eigenvalue weighted by Gasteiger charge is -2.34. The molecule has 1 aliphatic rings. The number of hydrogen-bond donors (Lipinski definition) is 2. The van der Waals surface area contributed by atoms with Gasteiger partial charge in [-0.3, -0.25) is 5.32 Å². The SMILES string of the molecule is COC(=O)c1cccc(N2CCCC(NC(=O)Nc3sc(-c4ccc(C)cc4)nc3C)C2)c1. The quantitative estimate of drug-likeness (QED) is 0.519. The van der Waals surface area contributed by atoms with E-state index in [1.807, 2.05) is 37.3 Å². The minimum atomic E-state index is -0.354. The molecule has 1 fully saturated rings. The van der Waals surface area contributed by atoms with E-state index in [9.17, 15) is 9.59 Å². The fourth-order valence-electron chi connectivity index (χ4n) is 3.93. The number of aryl methyl sites for hydroxylation is 2. The van der Waals surface area contributed by atoms with Crippen molar-refractivity contribution in [3.05, 3.63) is 65.4 Å². The van der Waals surface area contributed by atoms with E-state index in [1.165, 1.54) is 24.0 Å². The maximum atomic E-state index is 12.7. The normalized spacial score (nSPS) is 15.7. The number of carbonyl (C=O) groups is 2. The summed E-state index contributed by atoms with van der Waals surface area (Å²) in [5.74, 6) is -0.354. The molecule has 0 radical (unpaired) electrons. The van der Waals surface area contributed by atoms with Crippen molar-refractivity contribution in [2.45, 2.75) is 32.7 Å². The van der Waals surface area contributed by atoms with Crippen molar-refractivity contribution in [3.63, 3.8) is 0 Å². The minimum absolute atomic E-state index is 0.00493. The number of esters is 1. The number of nitrogens with zero attached hydrogens (tertiary/aromatic N) is 2. The van der Waals surface area contributed by atoms with Gasteiger partial charge in [0.25, 0.3) is 0 Å². The number of nitrogens with one attached hydrogen (secondary N) is 2. The predicted molar refractivity (Wildman–Crippen MR) is 132 cm³/mol. The van der Waals surface area contributed by atoms with Crippen LogP contribution >= 0.6 is 11.3 Å². The smallest absolute Gasteiger partial charge is 0.337 e. The van der Waals surface area contributed by atoms with Gasteiger partial charge in [-0.05, 0) is 44.9 Å². The molecule has 2 aromatic carbocycles. The second kappa shape index (κ2) is 10.0. The molecule has 2 N–H and O–H groups in total. The molecule has 1 saturated heterocycles. The summed E-state index contributed by atoms with van der Waals surface area (Å²) < 4.78 is 4.83. The summed E-state index contributed by atoms with van der Waals surface area (Å²) in [5, 5.41) is 7.70. The zero-order valence-electron chi connectivity index (χ0n) is 19.1. The van der Waals surface area contributed by atoms with Crippen LogP contribution in [0, 0.1) is 13.8 Å². The van der Waals surface area contributed by atoms with Gasteiger partial charge in [0.05, 0.1) is 18.4 Å². The fraction of sp³-hybridized carbons (Fsp3) is 0.320. The lowest BCUT2D eigenvalue weighted by molar-refractivity contribution is 0.0600. The lowest BCUT2D eigenvalue weighted by Crippen LogP contribution is -2.49. The first-order chi connectivity index (χ1) is 15.9. The highest BCUT2D eigenvalue weighted by Gasteiger charge is 2.23. The van der Waals surface area contributed by atoms with Gasteiger partial charge in [0.1, 0.15) is 10.0 Å². The first-order valence-electron chi connectivity index (χ1n) is 11.0. The van der Waals surface area contributed by atoms with E-state index in [2.05, 4.69) is 39.6 Å². The highest BCUT2D eigenvalue weighted by molar-refractivity contribution is 7.19. The first-order valence-corrected chi connectivity index (χ1v) is 11.8. The number of urea groups is 1. The van der Waals surface area contributed by atoms with Crippen molar-refractivity contribution in [1.29, 1.82) is 0 Å². The van der Waals surface area contributed by atoms with Crippen LogP contribution in [-0.2, 0) is 4.74 Å². The van der Waals surface area contributed by atoms with Crippen molar-refractivity contribution in [2.24, 2.45) is 0 Å². The summed E-state index contributed by atoms with van der Waals surface area (Å²) >= 11 is 1.48. The van der Waals surface area contributed by atoms with Crippen molar-refractivity contribution in [3.8, 4) is 10.6 Å². The molecule has 2 heterocycles. The number of amides is 2. The summed E-state index contributed by atoms with van der Waals surface area (Å²) in [6.07, 6.45) is 1.85. The Balaban J connectivity index is 1.38. The molecule has 7 nitrogen and oxygen atoms in total. The van der Waals surface area contributed by atoms with Crippen molar-refractivity contribution >= 4 is 34.0 Å². The Morgan fingerprint density at radius 2 is 1.94 bits per heavy atom. The van der Waals surface area contributed by atoms with Crippen LogP contribution < -0.4 is 15.5 Å². The lowest BCUT2D eigenvalue weighted by atomic mass is 10.0. The molecule has 33 heavy (non-hydrogen) atoms. The number of aromatic nitrogens is 1. The van der Waals surface area contributed by atoms with Gasteiger partial charge in [0.2, 0.25) is 0 Å². The predicted octanol–water partition coefficient (Wildman–Crippen LogP) is 5.00. The summed E-state index contributed by atoms with van der Waals surface area (Å²) in [4.78, 5) is 31.4. The third-order valence-corrected chi connectivity index (χ3v) is 6.83. The van der Waals surface area contributed by atoms with Gasteiger partial charge in [-0.25, -0.2) is 14.6 Å². The zero-order valence-corrected chi connectivity index (χ0v) is 19.9. The molecule has 4 rings (SSSR count). The number of anilines is 2. The van der Waals surface area contributed by atoms with Crippen molar-refractivity contribution < 1.29 is 14.3 Å². The van der Waals surface area contributed by atoms with Crippen molar-refractivity contribution in [1.82, 2.24) is 10.3 Å². The van der Waals surface area contributed by atoms with Crippen LogP contribution in [0.15, 0.2) is 48.5 Å². The molecule has 0 saturated carbocycles. The van der Waals surface area contributed by atoms with Gasteiger partial charge in [-0.15, -0.1) is 0 Å². The van der Waals surface area contributed by atoms with E-state index >= 15 is 0 Å². The highest BCUT2D eigenvalue weighted by atomic mass is 32.1. The van der Waals surface area contributed by atoms with E-state index in [0.717, 1.165) is 46.3 Å². The van der Waals surface area contributed by atoms with Gasteiger partial charge in [0, 0.05) is 30.4 Å². The summed E-state index contributed by atoms with van der Waals surface area (Å²) in [6, 6.07) is 15.4. The highest BCUT2D eigenvalue weighted by Crippen LogP contribution is 2.32. The summed E-state index contributed by atoms with van der Waals surface area (Å²) in [5.41, 5.74) is 4.51. The van der Waals surface area contributed by atoms with Crippen LogP contribution in [0.3, 0.4) is 0 Å². The van der Waals surface area contributed by atoms with Crippen LogP contribution in [0.4, 0.5) is 15.5 Å². The van der Waals surface area contributed by atoms with Gasteiger partial charge in [-0.1, -0.05) is 47.2 Å². The molecule has 8 heteroatoms. The third-order valence-electron chi connectivity index (χ3n) is 5.71. The summed E-state index contributed by atoms with van der Waals surface area (Å²) in [6.45, 7) is 5.50. The van der Waals surface area contributed by atoms with E-state index in [-0.39, 0.29) is 18.0 Å². The Kier molecular flexibility index (Phi) is 6.93. The average Bonchev–Trinajstić information content (AvgIpc) is 3.19. The number of benzene rings is 2. The molecule has 1 aromatic heterocycles. The fourth-order valence-corrected chi connectivity index (χ4v) is 4.90. The third kappa shape index (κ3) is 5.51. The average molecular weight is 465 g/mol. The first kappa shape index (κ1) is 22.8. The van der Waals surface area contributed by atoms with Crippen LogP contribution in [0.5, 0.6) is 0 Å². The molecule has 2 amide bonds. The van der Waals surface area contributed by atoms with Crippen LogP contribution in [0.25, 0.3) is 10.6 Å². The maximum absolute atomic E-state index is 12.7. The van der Waals surface area contributed by atoms with Gasteiger partial charge < -0.3 is 15.0 Å². The number of rotatable bonds is 5. The number of carbonyl (C=O) groups excluding carboxylic acids is 2. The zero-order chi connectivity index (χ0) is 23.4. The largest absolute Gasteiger partial charge is 0.465 e. The number of piperidine rings is 1. The molecule has 0 spiro atoms. The Bertz CT molecular complexity index is 1140. The van der Waals surface area contributed by atoms with Crippen molar-refractivity contribution in [2.75, 3.05) is 30.4 Å². The Labute approximate surface area is 197 Å². The van der Waals surface area contributed by atoms with E-state index in [0.29, 0.717) is 12.1 Å².